The summed E-state index contributed by atoms with van der Waals surface area (Å²) in [5.41, 5.74) is 3.10. The van der Waals surface area contributed by atoms with Gasteiger partial charge in [0.25, 0.3) is 0 Å². The van der Waals surface area contributed by atoms with Gasteiger partial charge in [-0.15, -0.1) is 0 Å². The minimum absolute atomic E-state index is 0.183. The first-order valence-corrected chi connectivity index (χ1v) is 7.45. The van der Waals surface area contributed by atoms with E-state index in [-0.39, 0.29) is 12.1 Å². The van der Waals surface area contributed by atoms with Crippen molar-refractivity contribution in [3.63, 3.8) is 0 Å². The minimum atomic E-state index is -0.183. The normalized spacial score (nSPS) is 11.6. The Bertz CT molecular complexity index is 595. The molecule has 0 aromatic heterocycles. The van der Waals surface area contributed by atoms with E-state index < -0.39 is 0 Å². The molecular formula is C18H23N3O. The Labute approximate surface area is 132 Å². The first-order chi connectivity index (χ1) is 10.6. The van der Waals surface area contributed by atoms with E-state index in [1.807, 2.05) is 56.4 Å². The molecule has 0 saturated heterocycles. The number of carbonyl (C=O) groups is 1. The zero-order valence-electron chi connectivity index (χ0n) is 13.3. The van der Waals surface area contributed by atoms with Crippen molar-refractivity contribution < 1.29 is 4.79 Å². The van der Waals surface area contributed by atoms with E-state index in [9.17, 15) is 4.79 Å². The Kier molecular flexibility index (Phi) is 5.42. The fraction of sp³-hybridized carbons (Fsp3) is 0.278. The topological polar surface area (TPSA) is 44.4 Å². The monoisotopic (exact) mass is 297 g/mol. The Hall–Kier alpha value is -2.49. The fourth-order valence-electron chi connectivity index (χ4n) is 2.11. The van der Waals surface area contributed by atoms with E-state index >= 15 is 0 Å². The maximum absolute atomic E-state index is 11.9. The van der Waals surface area contributed by atoms with Crippen LogP contribution >= 0.6 is 0 Å². The summed E-state index contributed by atoms with van der Waals surface area (Å²) in [6.07, 6.45) is 0. The van der Waals surface area contributed by atoms with E-state index in [1.165, 1.54) is 5.56 Å². The third-order valence-electron chi connectivity index (χ3n) is 3.69. The summed E-state index contributed by atoms with van der Waals surface area (Å²) in [4.78, 5) is 14.1. The van der Waals surface area contributed by atoms with Gasteiger partial charge in [-0.25, -0.2) is 4.79 Å². The molecule has 4 nitrogen and oxygen atoms in total. The third kappa shape index (κ3) is 4.52. The van der Waals surface area contributed by atoms with Crippen LogP contribution in [-0.4, -0.2) is 25.7 Å². The van der Waals surface area contributed by atoms with Crippen molar-refractivity contribution >= 4 is 17.4 Å². The first-order valence-electron chi connectivity index (χ1n) is 7.45. The molecule has 0 heterocycles. The predicted octanol–water partition coefficient (Wildman–Crippen LogP) is 3.64. The number of nitrogens with one attached hydrogen (secondary N) is 2. The lowest BCUT2D eigenvalue weighted by Gasteiger charge is -2.27. The highest BCUT2D eigenvalue weighted by Gasteiger charge is 2.11. The van der Waals surface area contributed by atoms with Crippen LogP contribution in [-0.2, 0) is 0 Å². The number of para-hydroxylation sites is 1. The molecule has 0 aliphatic heterocycles. The molecule has 0 bridgehead atoms. The van der Waals surface area contributed by atoms with Gasteiger partial charge in [0, 0.05) is 31.0 Å². The van der Waals surface area contributed by atoms with E-state index in [0.29, 0.717) is 6.54 Å². The van der Waals surface area contributed by atoms with Crippen molar-refractivity contribution in [3.8, 4) is 0 Å². The molecule has 0 aliphatic carbocycles. The van der Waals surface area contributed by atoms with Gasteiger partial charge in [-0.05, 0) is 38.1 Å². The van der Waals surface area contributed by atoms with Crippen molar-refractivity contribution in [2.75, 3.05) is 23.8 Å². The van der Waals surface area contributed by atoms with Crippen LogP contribution in [0.4, 0.5) is 16.2 Å². The lowest BCUT2D eigenvalue weighted by molar-refractivity contribution is 0.251. The molecule has 2 aromatic carbocycles. The molecule has 22 heavy (non-hydrogen) atoms. The highest BCUT2D eigenvalue weighted by molar-refractivity contribution is 5.89. The Morgan fingerprint density at radius 3 is 2.36 bits per heavy atom. The summed E-state index contributed by atoms with van der Waals surface area (Å²) in [6, 6.07) is 17.9. The van der Waals surface area contributed by atoms with Gasteiger partial charge < -0.3 is 15.5 Å². The zero-order chi connectivity index (χ0) is 15.9. The number of carbonyl (C=O) groups excluding carboxylic acids is 1. The second kappa shape index (κ2) is 7.50. The fourth-order valence-corrected chi connectivity index (χ4v) is 2.11. The van der Waals surface area contributed by atoms with Crippen LogP contribution in [0.1, 0.15) is 12.5 Å². The Morgan fingerprint density at radius 1 is 1.09 bits per heavy atom. The first kappa shape index (κ1) is 15.9. The Balaban J connectivity index is 1.81. The molecule has 0 saturated carbocycles. The van der Waals surface area contributed by atoms with Crippen LogP contribution in [0.3, 0.4) is 0 Å². The summed E-state index contributed by atoms with van der Waals surface area (Å²) >= 11 is 0. The smallest absolute Gasteiger partial charge is 0.319 e. The van der Waals surface area contributed by atoms with E-state index in [2.05, 4.69) is 34.6 Å². The lowest BCUT2D eigenvalue weighted by Crippen LogP contribution is -2.41. The van der Waals surface area contributed by atoms with Gasteiger partial charge in [-0.1, -0.05) is 35.9 Å². The quantitative estimate of drug-likeness (QED) is 0.885. The maximum Gasteiger partial charge on any atom is 0.319 e. The summed E-state index contributed by atoms with van der Waals surface area (Å²) in [5, 5.41) is 5.74. The molecule has 2 amide bonds. The molecule has 0 fully saturated rings. The predicted molar refractivity (Wildman–Crippen MR) is 92.5 cm³/mol. The van der Waals surface area contributed by atoms with Crippen molar-refractivity contribution in [2.45, 2.75) is 19.9 Å². The van der Waals surface area contributed by atoms with Crippen LogP contribution in [0.2, 0.25) is 0 Å². The van der Waals surface area contributed by atoms with Crippen molar-refractivity contribution in [2.24, 2.45) is 0 Å². The third-order valence-corrected chi connectivity index (χ3v) is 3.69. The summed E-state index contributed by atoms with van der Waals surface area (Å²) < 4.78 is 0. The van der Waals surface area contributed by atoms with Gasteiger partial charge in [0.2, 0.25) is 0 Å². The molecule has 2 aromatic rings. The summed E-state index contributed by atoms with van der Waals surface area (Å²) in [7, 11) is 2.03. The number of hydrogen-bond acceptors (Lipinski definition) is 2. The second-order valence-electron chi connectivity index (χ2n) is 5.50. The number of amides is 2. The molecule has 116 valence electrons. The standard InChI is InChI=1S/C18H23N3O/c1-14-9-11-16(12-10-14)20-18(22)19-13-15(2)21(3)17-7-5-4-6-8-17/h4-12,15H,13H2,1-3H3,(H2,19,20,22). The largest absolute Gasteiger partial charge is 0.370 e. The number of nitrogens with zero attached hydrogens (tertiary/aromatic N) is 1. The van der Waals surface area contributed by atoms with Gasteiger partial charge in [0.15, 0.2) is 0 Å². The number of urea groups is 1. The van der Waals surface area contributed by atoms with Crippen LogP contribution < -0.4 is 15.5 Å². The lowest BCUT2D eigenvalue weighted by atomic mass is 10.2. The molecule has 0 aliphatic rings. The SMILES string of the molecule is Cc1ccc(NC(=O)NCC(C)N(C)c2ccccc2)cc1. The number of rotatable bonds is 5. The number of aryl methyl sites for hydroxylation is 1. The summed E-state index contributed by atoms with van der Waals surface area (Å²) in [5.74, 6) is 0. The molecule has 1 atom stereocenters. The molecule has 1 unspecified atom stereocenters. The van der Waals surface area contributed by atoms with E-state index in [0.717, 1.165) is 11.4 Å². The second-order valence-corrected chi connectivity index (χ2v) is 5.50. The van der Waals surface area contributed by atoms with Crippen LogP contribution in [0, 0.1) is 6.92 Å². The highest BCUT2D eigenvalue weighted by Crippen LogP contribution is 2.13. The van der Waals surface area contributed by atoms with Crippen molar-refractivity contribution in [1.82, 2.24) is 5.32 Å². The van der Waals surface area contributed by atoms with Crippen molar-refractivity contribution in [1.29, 1.82) is 0 Å². The number of anilines is 2. The minimum Gasteiger partial charge on any atom is -0.370 e. The van der Waals surface area contributed by atoms with Gasteiger partial charge in [-0.3, -0.25) is 0 Å². The van der Waals surface area contributed by atoms with Gasteiger partial charge in [-0.2, -0.15) is 0 Å². The summed E-state index contributed by atoms with van der Waals surface area (Å²) in [6.45, 7) is 4.67. The van der Waals surface area contributed by atoms with Gasteiger partial charge in [0.05, 0.1) is 0 Å². The average Bonchev–Trinajstić information content (AvgIpc) is 2.55. The molecular weight excluding hydrogens is 274 g/mol. The molecule has 2 rings (SSSR count). The molecule has 4 heteroatoms. The number of hydrogen-bond donors (Lipinski definition) is 2. The van der Waals surface area contributed by atoms with E-state index in [4.69, 9.17) is 0 Å². The average molecular weight is 297 g/mol. The van der Waals surface area contributed by atoms with Crippen molar-refractivity contribution in [3.05, 3.63) is 60.2 Å². The zero-order valence-corrected chi connectivity index (χ0v) is 13.3. The molecule has 2 N–H and O–H groups in total. The molecule has 0 spiro atoms. The highest BCUT2D eigenvalue weighted by atomic mass is 16.2. The Morgan fingerprint density at radius 2 is 1.73 bits per heavy atom. The van der Waals surface area contributed by atoms with Crippen LogP contribution in [0.25, 0.3) is 0 Å². The maximum atomic E-state index is 11.9. The van der Waals surface area contributed by atoms with Crippen LogP contribution in [0.15, 0.2) is 54.6 Å². The van der Waals surface area contributed by atoms with Gasteiger partial charge in [0.1, 0.15) is 0 Å². The number of likely N-dealkylation sites (N-methyl/N-ethyl adjacent to an activating group) is 1. The number of benzene rings is 2. The van der Waals surface area contributed by atoms with Gasteiger partial charge >= 0.3 is 6.03 Å². The van der Waals surface area contributed by atoms with E-state index in [1.54, 1.807) is 0 Å². The van der Waals surface area contributed by atoms with Crippen LogP contribution in [0.5, 0.6) is 0 Å². The molecule has 0 radical (unpaired) electrons.